The molecule has 0 fully saturated rings. The Morgan fingerprint density at radius 1 is 0.833 bits per heavy atom. The summed E-state index contributed by atoms with van der Waals surface area (Å²) in [5.74, 6) is -0.688. The van der Waals surface area contributed by atoms with E-state index in [9.17, 15) is 14.4 Å². The van der Waals surface area contributed by atoms with Gasteiger partial charge in [-0.15, -0.1) is 0 Å². The SMILES string of the molecule is CC(=O)Oc1cccc(C(=O)Nc2ccccc2CNC(=O)c2cccc(C)c2)c1. The van der Waals surface area contributed by atoms with E-state index in [1.165, 1.54) is 13.0 Å². The largest absolute Gasteiger partial charge is 0.427 e. The minimum Gasteiger partial charge on any atom is -0.427 e. The summed E-state index contributed by atoms with van der Waals surface area (Å²) in [6.45, 7) is 3.49. The molecule has 152 valence electrons. The van der Waals surface area contributed by atoms with Crippen molar-refractivity contribution < 1.29 is 19.1 Å². The van der Waals surface area contributed by atoms with Crippen molar-refractivity contribution in [2.45, 2.75) is 20.4 Å². The first kappa shape index (κ1) is 20.8. The molecule has 0 aliphatic heterocycles. The number of aryl methyl sites for hydroxylation is 1. The van der Waals surface area contributed by atoms with Crippen molar-refractivity contribution in [2.24, 2.45) is 0 Å². The van der Waals surface area contributed by atoms with E-state index in [0.717, 1.165) is 11.1 Å². The van der Waals surface area contributed by atoms with E-state index >= 15 is 0 Å². The van der Waals surface area contributed by atoms with Crippen molar-refractivity contribution in [3.05, 3.63) is 95.1 Å². The number of para-hydroxylation sites is 1. The monoisotopic (exact) mass is 402 g/mol. The number of carbonyl (C=O) groups excluding carboxylic acids is 3. The summed E-state index contributed by atoms with van der Waals surface area (Å²) >= 11 is 0. The number of esters is 1. The molecule has 0 radical (unpaired) electrons. The van der Waals surface area contributed by atoms with Crippen molar-refractivity contribution >= 4 is 23.5 Å². The first-order valence-corrected chi connectivity index (χ1v) is 9.45. The number of carbonyl (C=O) groups is 3. The Kier molecular flexibility index (Phi) is 6.60. The molecule has 3 rings (SSSR count). The highest BCUT2D eigenvalue weighted by Gasteiger charge is 2.12. The molecule has 2 amide bonds. The predicted octanol–water partition coefficient (Wildman–Crippen LogP) is 4.10. The zero-order valence-corrected chi connectivity index (χ0v) is 16.8. The van der Waals surface area contributed by atoms with Crippen LogP contribution in [0.15, 0.2) is 72.8 Å². The Morgan fingerprint density at radius 3 is 2.27 bits per heavy atom. The number of amides is 2. The van der Waals surface area contributed by atoms with Gasteiger partial charge in [-0.3, -0.25) is 14.4 Å². The van der Waals surface area contributed by atoms with Gasteiger partial charge < -0.3 is 15.4 Å². The van der Waals surface area contributed by atoms with E-state index < -0.39 is 5.97 Å². The lowest BCUT2D eigenvalue weighted by molar-refractivity contribution is -0.131. The lowest BCUT2D eigenvalue weighted by Crippen LogP contribution is -2.24. The first-order chi connectivity index (χ1) is 14.4. The van der Waals surface area contributed by atoms with Gasteiger partial charge in [0.15, 0.2) is 0 Å². The zero-order chi connectivity index (χ0) is 21.5. The van der Waals surface area contributed by atoms with Crippen LogP contribution in [0.2, 0.25) is 0 Å². The molecule has 2 N–H and O–H groups in total. The van der Waals surface area contributed by atoms with Crippen molar-refractivity contribution in [3.8, 4) is 5.75 Å². The van der Waals surface area contributed by atoms with Gasteiger partial charge in [0.05, 0.1) is 0 Å². The van der Waals surface area contributed by atoms with Gasteiger partial charge in [0.25, 0.3) is 11.8 Å². The van der Waals surface area contributed by atoms with Crippen LogP contribution in [-0.4, -0.2) is 17.8 Å². The minimum absolute atomic E-state index is 0.186. The van der Waals surface area contributed by atoms with Crippen molar-refractivity contribution in [3.63, 3.8) is 0 Å². The van der Waals surface area contributed by atoms with Crippen LogP contribution in [0.5, 0.6) is 5.75 Å². The van der Waals surface area contributed by atoms with Gasteiger partial charge in [0, 0.05) is 30.3 Å². The highest BCUT2D eigenvalue weighted by Crippen LogP contribution is 2.19. The van der Waals surface area contributed by atoms with Crippen molar-refractivity contribution in [1.82, 2.24) is 5.32 Å². The molecule has 6 nitrogen and oxygen atoms in total. The van der Waals surface area contributed by atoms with Crippen LogP contribution in [0.3, 0.4) is 0 Å². The van der Waals surface area contributed by atoms with Gasteiger partial charge in [-0.05, 0) is 48.9 Å². The number of hydrogen-bond acceptors (Lipinski definition) is 4. The lowest BCUT2D eigenvalue weighted by Gasteiger charge is -2.13. The number of nitrogens with one attached hydrogen (secondary N) is 2. The third-order valence-corrected chi connectivity index (χ3v) is 4.34. The number of rotatable bonds is 6. The Labute approximate surface area is 174 Å². The summed E-state index contributed by atoms with van der Waals surface area (Å²) < 4.78 is 5.03. The van der Waals surface area contributed by atoms with Crippen LogP contribution in [0.4, 0.5) is 5.69 Å². The summed E-state index contributed by atoms with van der Waals surface area (Å²) in [4.78, 5) is 36.2. The molecule has 6 heteroatoms. The van der Waals surface area contributed by atoms with Crippen molar-refractivity contribution in [2.75, 3.05) is 5.32 Å². The summed E-state index contributed by atoms with van der Waals surface area (Å²) in [5.41, 5.74) is 3.30. The Morgan fingerprint density at radius 2 is 1.53 bits per heavy atom. The van der Waals surface area contributed by atoms with Crippen LogP contribution >= 0.6 is 0 Å². The average molecular weight is 402 g/mol. The number of benzene rings is 3. The van der Waals surface area contributed by atoms with Crippen LogP contribution in [-0.2, 0) is 11.3 Å². The molecule has 0 unspecified atom stereocenters. The number of ether oxygens (including phenoxy) is 1. The third-order valence-electron chi connectivity index (χ3n) is 4.34. The molecule has 0 heterocycles. The quantitative estimate of drug-likeness (QED) is 0.480. The fourth-order valence-electron chi connectivity index (χ4n) is 2.92. The molecule has 0 atom stereocenters. The highest BCUT2D eigenvalue weighted by molar-refractivity contribution is 6.05. The minimum atomic E-state index is -0.456. The van der Waals surface area contributed by atoms with Crippen LogP contribution in [0.25, 0.3) is 0 Å². The van der Waals surface area contributed by atoms with E-state index in [4.69, 9.17) is 4.74 Å². The first-order valence-electron chi connectivity index (χ1n) is 9.45. The van der Waals surface area contributed by atoms with Crippen LogP contribution in [0, 0.1) is 6.92 Å². The predicted molar refractivity (Wildman–Crippen MR) is 114 cm³/mol. The second-order valence-electron chi connectivity index (χ2n) is 6.78. The van der Waals surface area contributed by atoms with Crippen LogP contribution < -0.4 is 15.4 Å². The van der Waals surface area contributed by atoms with Gasteiger partial charge in [0.1, 0.15) is 5.75 Å². The molecule has 0 bridgehead atoms. The fourth-order valence-corrected chi connectivity index (χ4v) is 2.92. The summed E-state index contributed by atoms with van der Waals surface area (Å²) in [5, 5.41) is 5.73. The topological polar surface area (TPSA) is 84.5 Å². The van der Waals surface area contributed by atoms with E-state index in [0.29, 0.717) is 22.6 Å². The second kappa shape index (κ2) is 9.52. The van der Waals surface area contributed by atoms with E-state index in [1.54, 1.807) is 36.4 Å². The van der Waals surface area contributed by atoms with Gasteiger partial charge in [-0.25, -0.2) is 0 Å². The average Bonchev–Trinajstić information content (AvgIpc) is 2.72. The standard InChI is InChI=1S/C24H22N2O4/c1-16-7-5-9-18(13-16)23(28)25-15-20-8-3-4-12-22(20)26-24(29)19-10-6-11-21(14-19)30-17(2)27/h3-14H,15H2,1-2H3,(H,25,28)(H,26,29). The molecular weight excluding hydrogens is 380 g/mol. The maximum Gasteiger partial charge on any atom is 0.308 e. The fraction of sp³-hybridized carbons (Fsp3) is 0.125. The van der Waals surface area contributed by atoms with Crippen LogP contribution in [0.1, 0.15) is 38.8 Å². The van der Waals surface area contributed by atoms with Gasteiger partial charge in [-0.1, -0.05) is 42.0 Å². The van der Waals surface area contributed by atoms with Gasteiger partial charge in [0.2, 0.25) is 0 Å². The molecule has 3 aromatic rings. The number of anilines is 1. The highest BCUT2D eigenvalue weighted by atomic mass is 16.5. The Balaban J connectivity index is 1.70. The second-order valence-corrected chi connectivity index (χ2v) is 6.78. The molecule has 0 aromatic heterocycles. The van der Waals surface area contributed by atoms with Crippen molar-refractivity contribution in [1.29, 1.82) is 0 Å². The number of hydrogen-bond donors (Lipinski definition) is 2. The van der Waals surface area contributed by atoms with Gasteiger partial charge >= 0.3 is 5.97 Å². The van der Waals surface area contributed by atoms with Gasteiger partial charge in [-0.2, -0.15) is 0 Å². The molecule has 0 saturated heterocycles. The summed E-state index contributed by atoms with van der Waals surface area (Å²) in [6.07, 6.45) is 0. The van der Waals surface area contributed by atoms with E-state index in [1.807, 2.05) is 37.3 Å². The Bertz CT molecular complexity index is 1090. The molecule has 0 aliphatic carbocycles. The lowest BCUT2D eigenvalue weighted by atomic mass is 10.1. The normalized spacial score (nSPS) is 10.2. The van der Waals surface area contributed by atoms with E-state index in [-0.39, 0.29) is 18.4 Å². The Hall–Kier alpha value is -3.93. The maximum absolute atomic E-state index is 12.7. The molecule has 0 saturated carbocycles. The summed E-state index contributed by atoms with van der Waals surface area (Å²) in [7, 11) is 0. The zero-order valence-electron chi connectivity index (χ0n) is 16.8. The molecule has 30 heavy (non-hydrogen) atoms. The molecule has 0 spiro atoms. The molecular formula is C24H22N2O4. The summed E-state index contributed by atoms with van der Waals surface area (Å²) in [6, 6.07) is 21.0. The molecule has 0 aliphatic rings. The third kappa shape index (κ3) is 5.54. The molecule has 3 aromatic carbocycles. The maximum atomic E-state index is 12.7. The smallest absolute Gasteiger partial charge is 0.308 e. The van der Waals surface area contributed by atoms with E-state index in [2.05, 4.69) is 10.6 Å².